The van der Waals surface area contributed by atoms with E-state index in [0.717, 1.165) is 55.9 Å². The number of aromatic nitrogens is 2. The minimum Gasteiger partial charge on any atom is -0.497 e. The van der Waals surface area contributed by atoms with E-state index in [1.165, 1.54) is 0 Å². The zero-order valence-electron chi connectivity index (χ0n) is 18.5. The zero-order valence-corrected chi connectivity index (χ0v) is 18.5. The van der Waals surface area contributed by atoms with Crippen LogP contribution in [0.4, 0.5) is 0 Å². The molecule has 0 radical (unpaired) electrons. The number of morpholine rings is 1. The number of methoxy groups -OCH3 is 1. The Morgan fingerprint density at radius 2 is 2.07 bits per heavy atom. The summed E-state index contributed by atoms with van der Waals surface area (Å²) in [6.45, 7) is 9.70. The van der Waals surface area contributed by atoms with E-state index in [4.69, 9.17) is 9.47 Å². The van der Waals surface area contributed by atoms with Gasteiger partial charge < -0.3 is 20.1 Å². The summed E-state index contributed by atoms with van der Waals surface area (Å²) in [7, 11) is 3.44. The lowest BCUT2D eigenvalue weighted by Gasteiger charge is -2.34. The van der Waals surface area contributed by atoms with Crippen molar-refractivity contribution in [2.75, 3.05) is 46.9 Å². The van der Waals surface area contributed by atoms with Gasteiger partial charge in [-0.05, 0) is 36.2 Å². The summed E-state index contributed by atoms with van der Waals surface area (Å²) in [5, 5.41) is 11.3. The molecule has 164 valence electrons. The Labute approximate surface area is 179 Å². The average molecular weight is 415 g/mol. The molecule has 1 aromatic carbocycles. The highest BCUT2D eigenvalue weighted by atomic mass is 16.5. The number of benzene rings is 1. The Kier molecular flexibility index (Phi) is 8.10. The Balaban J connectivity index is 1.46. The molecule has 1 aliphatic heterocycles. The van der Waals surface area contributed by atoms with Gasteiger partial charge in [0.15, 0.2) is 5.96 Å². The SMILES string of the molecule is CN=C(NCc1ccn(-c2ccc(OC)cc2)n1)NCC1CN(CC(C)C)CCO1. The van der Waals surface area contributed by atoms with Crippen molar-refractivity contribution in [3.05, 3.63) is 42.2 Å². The van der Waals surface area contributed by atoms with Crippen molar-refractivity contribution in [3.63, 3.8) is 0 Å². The molecule has 8 nitrogen and oxygen atoms in total. The Hall–Kier alpha value is -2.58. The highest BCUT2D eigenvalue weighted by molar-refractivity contribution is 5.79. The number of aliphatic imine (C=N–C) groups is 1. The molecule has 0 amide bonds. The molecule has 3 rings (SSSR count). The smallest absolute Gasteiger partial charge is 0.191 e. The fraction of sp³-hybridized carbons (Fsp3) is 0.545. The first kappa shape index (κ1) is 22.1. The number of rotatable bonds is 8. The minimum atomic E-state index is 0.172. The highest BCUT2D eigenvalue weighted by Gasteiger charge is 2.21. The number of hydrogen-bond donors (Lipinski definition) is 2. The minimum absolute atomic E-state index is 0.172. The van der Waals surface area contributed by atoms with Gasteiger partial charge in [-0.2, -0.15) is 5.10 Å². The van der Waals surface area contributed by atoms with Gasteiger partial charge in [0, 0.05) is 39.4 Å². The van der Waals surface area contributed by atoms with Gasteiger partial charge in [-0.15, -0.1) is 0 Å². The van der Waals surface area contributed by atoms with Crippen LogP contribution < -0.4 is 15.4 Å². The van der Waals surface area contributed by atoms with E-state index >= 15 is 0 Å². The Bertz CT molecular complexity index is 802. The number of hydrogen-bond acceptors (Lipinski definition) is 5. The molecule has 1 unspecified atom stereocenters. The Morgan fingerprint density at radius 1 is 1.27 bits per heavy atom. The van der Waals surface area contributed by atoms with Crippen molar-refractivity contribution < 1.29 is 9.47 Å². The van der Waals surface area contributed by atoms with Crippen LogP contribution in [-0.4, -0.2) is 73.7 Å². The summed E-state index contributed by atoms with van der Waals surface area (Å²) in [6.07, 6.45) is 2.12. The molecule has 1 aromatic heterocycles. The van der Waals surface area contributed by atoms with E-state index in [0.29, 0.717) is 12.5 Å². The summed E-state index contributed by atoms with van der Waals surface area (Å²) in [5.41, 5.74) is 1.93. The quantitative estimate of drug-likeness (QED) is 0.508. The van der Waals surface area contributed by atoms with Gasteiger partial charge in [-0.3, -0.25) is 9.89 Å². The number of ether oxygens (including phenoxy) is 2. The molecular weight excluding hydrogens is 380 g/mol. The third-order valence-corrected chi connectivity index (χ3v) is 4.99. The molecule has 30 heavy (non-hydrogen) atoms. The normalized spacial score (nSPS) is 17.9. The fourth-order valence-corrected chi connectivity index (χ4v) is 3.53. The second-order valence-electron chi connectivity index (χ2n) is 7.90. The molecule has 0 saturated carbocycles. The fourth-order valence-electron chi connectivity index (χ4n) is 3.53. The van der Waals surface area contributed by atoms with Crippen LogP contribution in [0.2, 0.25) is 0 Å². The molecule has 1 aliphatic rings. The summed E-state index contributed by atoms with van der Waals surface area (Å²) in [6, 6.07) is 9.82. The van der Waals surface area contributed by atoms with E-state index in [-0.39, 0.29) is 6.10 Å². The van der Waals surface area contributed by atoms with Gasteiger partial charge in [-0.1, -0.05) is 13.8 Å². The largest absolute Gasteiger partial charge is 0.497 e. The van der Waals surface area contributed by atoms with Gasteiger partial charge in [0.25, 0.3) is 0 Å². The summed E-state index contributed by atoms with van der Waals surface area (Å²) >= 11 is 0. The number of guanidine groups is 1. The molecule has 1 fully saturated rings. The first-order valence-electron chi connectivity index (χ1n) is 10.5. The van der Waals surface area contributed by atoms with Gasteiger partial charge in [-0.25, -0.2) is 4.68 Å². The van der Waals surface area contributed by atoms with Crippen LogP contribution in [-0.2, 0) is 11.3 Å². The first-order chi connectivity index (χ1) is 14.6. The van der Waals surface area contributed by atoms with E-state index in [1.54, 1.807) is 14.2 Å². The molecule has 0 spiro atoms. The second-order valence-corrected chi connectivity index (χ2v) is 7.90. The third kappa shape index (κ3) is 6.47. The highest BCUT2D eigenvalue weighted by Crippen LogP contribution is 2.14. The maximum absolute atomic E-state index is 5.90. The third-order valence-electron chi connectivity index (χ3n) is 4.99. The number of nitrogens with zero attached hydrogens (tertiary/aromatic N) is 4. The topological polar surface area (TPSA) is 75.9 Å². The van der Waals surface area contributed by atoms with Gasteiger partial charge in [0.1, 0.15) is 5.75 Å². The number of nitrogens with one attached hydrogen (secondary N) is 2. The average Bonchev–Trinajstić information content (AvgIpc) is 3.23. The maximum atomic E-state index is 5.90. The van der Waals surface area contributed by atoms with Crippen LogP contribution in [0.25, 0.3) is 5.69 Å². The van der Waals surface area contributed by atoms with Gasteiger partial charge >= 0.3 is 0 Å². The summed E-state index contributed by atoms with van der Waals surface area (Å²) in [4.78, 5) is 6.79. The van der Waals surface area contributed by atoms with Gasteiger partial charge in [0.2, 0.25) is 0 Å². The molecule has 2 N–H and O–H groups in total. The predicted octanol–water partition coefficient (Wildman–Crippen LogP) is 1.90. The van der Waals surface area contributed by atoms with Crippen LogP contribution >= 0.6 is 0 Å². The molecule has 2 heterocycles. The van der Waals surface area contributed by atoms with E-state index in [1.807, 2.05) is 41.2 Å². The van der Waals surface area contributed by atoms with E-state index in [2.05, 4.69) is 39.5 Å². The van der Waals surface area contributed by atoms with Crippen molar-refractivity contribution in [1.82, 2.24) is 25.3 Å². The molecule has 1 saturated heterocycles. The van der Waals surface area contributed by atoms with Crippen LogP contribution in [0, 0.1) is 5.92 Å². The zero-order chi connectivity index (χ0) is 21.3. The molecule has 0 aliphatic carbocycles. The van der Waals surface area contributed by atoms with Crippen LogP contribution in [0.15, 0.2) is 41.5 Å². The van der Waals surface area contributed by atoms with Crippen LogP contribution in [0.5, 0.6) is 5.75 Å². The Morgan fingerprint density at radius 3 is 2.77 bits per heavy atom. The van der Waals surface area contributed by atoms with Crippen LogP contribution in [0.3, 0.4) is 0 Å². The van der Waals surface area contributed by atoms with Crippen molar-refractivity contribution in [3.8, 4) is 11.4 Å². The lowest BCUT2D eigenvalue weighted by molar-refractivity contribution is -0.0284. The van der Waals surface area contributed by atoms with E-state index in [9.17, 15) is 0 Å². The second kappa shape index (κ2) is 11.0. The molecule has 2 aromatic rings. The molecule has 1 atom stereocenters. The predicted molar refractivity (Wildman–Crippen MR) is 119 cm³/mol. The van der Waals surface area contributed by atoms with Crippen molar-refractivity contribution in [2.24, 2.45) is 10.9 Å². The van der Waals surface area contributed by atoms with Gasteiger partial charge in [0.05, 0.1) is 37.7 Å². The monoisotopic (exact) mass is 414 g/mol. The standard InChI is InChI=1S/C22H34N6O2/c1-17(2)15-27-11-12-30-21(16-27)14-25-22(23-3)24-13-18-9-10-28(26-18)19-5-7-20(29-4)8-6-19/h5-10,17,21H,11-16H2,1-4H3,(H2,23,24,25). The lowest BCUT2D eigenvalue weighted by Crippen LogP contribution is -2.50. The maximum Gasteiger partial charge on any atom is 0.191 e. The van der Waals surface area contributed by atoms with Crippen LogP contribution in [0.1, 0.15) is 19.5 Å². The molecule has 8 heteroatoms. The van der Waals surface area contributed by atoms with Crippen molar-refractivity contribution in [1.29, 1.82) is 0 Å². The summed E-state index contributed by atoms with van der Waals surface area (Å²) < 4.78 is 13.0. The van der Waals surface area contributed by atoms with Crippen molar-refractivity contribution in [2.45, 2.75) is 26.5 Å². The first-order valence-corrected chi connectivity index (χ1v) is 10.5. The molecular formula is C22H34N6O2. The van der Waals surface area contributed by atoms with Crippen molar-refractivity contribution >= 4 is 5.96 Å². The summed E-state index contributed by atoms with van der Waals surface area (Å²) in [5.74, 6) is 2.25. The lowest BCUT2D eigenvalue weighted by atomic mass is 10.2. The van der Waals surface area contributed by atoms with E-state index < -0.39 is 0 Å². The molecule has 0 bridgehead atoms.